The number of benzene rings is 2. The molecule has 1 N–H and O–H groups in total. The van der Waals surface area contributed by atoms with Gasteiger partial charge in [0.1, 0.15) is 5.82 Å². The summed E-state index contributed by atoms with van der Waals surface area (Å²) >= 11 is 0. The molecule has 4 nitrogen and oxygen atoms in total. The standard InChI is InChI=1S/C18H19F3N2O2S/c19-16-5-1-2-6-17(16)23-11-3-4-14(12-23)22-13-7-9-15(10-8-13)26(24,25)18(20)21/h1-2,5-10,14,18,22H,3-4,11-12H2. The molecule has 0 bridgehead atoms. The maximum Gasteiger partial charge on any atom is 0.341 e. The molecule has 26 heavy (non-hydrogen) atoms. The van der Waals surface area contributed by atoms with Crippen molar-refractivity contribution in [2.45, 2.75) is 29.5 Å². The highest BCUT2D eigenvalue weighted by Gasteiger charge is 2.26. The van der Waals surface area contributed by atoms with Crippen LogP contribution in [0.25, 0.3) is 0 Å². The lowest BCUT2D eigenvalue weighted by Crippen LogP contribution is -2.42. The molecule has 0 aromatic heterocycles. The molecule has 0 spiro atoms. The zero-order valence-corrected chi connectivity index (χ0v) is 14.7. The summed E-state index contributed by atoms with van der Waals surface area (Å²) in [6, 6.07) is 11.9. The Bertz CT molecular complexity index is 857. The summed E-state index contributed by atoms with van der Waals surface area (Å²) in [6.45, 7) is 1.35. The van der Waals surface area contributed by atoms with Crippen LogP contribution in [0, 0.1) is 5.82 Å². The number of piperidine rings is 1. The Morgan fingerprint density at radius 2 is 1.77 bits per heavy atom. The van der Waals surface area contributed by atoms with Crippen molar-refractivity contribution in [3.05, 3.63) is 54.3 Å². The average Bonchev–Trinajstić information content (AvgIpc) is 2.63. The van der Waals surface area contributed by atoms with Gasteiger partial charge in [-0.25, -0.2) is 12.8 Å². The minimum absolute atomic E-state index is 0.0425. The molecule has 3 rings (SSSR count). The molecule has 0 aliphatic carbocycles. The lowest BCUT2D eigenvalue weighted by molar-refractivity contribution is 0.234. The van der Waals surface area contributed by atoms with Gasteiger partial charge >= 0.3 is 5.76 Å². The summed E-state index contributed by atoms with van der Waals surface area (Å²) in [5, 5.41) is 3.26. The second kappa shape index (κ2) is 7.57. The van der Waals surface area contributed by atoms with E-state index in [9.17, 15) is 21.6 Å². The first-order valence-electron chi connectivity index (χ1n) is 8.26. The molecule has 2 aromatic rings. The van der Waals surface area contributed by atoms with Gasteiger partial charge in [0.15, 0.2) is 0 Å². The molecule has 8 heteroatoms. The highest BCUT2D eigenvalue weighted by molar-refractivity contribution is 7.91. The van der Waals surface area contributed by atoms with Crippen molar-refractivity contribution in [2.75, 3.05) is 23.3 Å². The molecule has 1 fully saturated rings. The number of anilines is 2. The van der Waals surface area contributed by atoms with Crippen LogP contribution in [0.3, 0.4) is 0 Å². The summed E-state index contributed by atoms with van der Waals surface area (Å²) in [5.41, 5.74) is 1.19. The summed E-state index contributed by atoms with van der Waals surface area (Å²) in [6.07, 6.45) is 1.76. The predicted octanol–water partition coefficient (Wildman–Crippen LogP) is 3.90. The number of rotatable bonds is 5. The molecule has 1 atom stereocenters. The van der Waals surface area contributed by atoms with Crippen LogP contribution < -0.4 is 10.2 Å². The van der Waals surface area contributed by atoms with E-state index in [-0.39, 0.29) is 11.9 Å². The molecule has 1 aliphatic heterocycles. The number of nitrogens with zero attached hydrogens (tertiary/aromatic N) is 1. The third-order valence-corrected chi connectivity index (χ3v) is 5.80. The number of para-hydroxylation sites is 1. The first-order chi connectivity index (χ1) is 12.4. The molecule has 0 saturated carbocycles. The van der Waals surface area contributed by atoms with Crippen LogP contribution in [0.4, 0.5) is 24.5 Å². The van der Waals surface area contributed by atoms with Crippen molar-refractivity contribution in [1.29, 1.82) is 0 Å². The van der Waals surface area contributed by atoms with Gasteiger partial charge in [-0.3, -0.25) is 0 Å². The van der Waals surface area contributed by atoms with Gasteiger partial charge in [-0.05, 0) is 49.2 Å². The third-order valence-electron chi connectivity index (χ3n) is 4.40. The second-order valence-electron chi connectivity index (χ2n) is 6.21. The van der Waals surface area contributed by atoms with Gasteiger partial charge in [-0.1, -0.05) is 12.1 Å². The van der Waals surface area contributed by atoms with Crippen molar-refractivity contribution >= 4 is 21.2 Å². The van der Waals surface area contributed by atoms with Gasteiger partial charge in [0, 0.05) is 24.8 Å². The van der Waals surface area contributed by atoms with Crippen LogP contribution in [-0.4, -0.2) is 33.3 Å². The Kier molecular flexibility index (Phi) is 5.41. The Morgan fingerprint density at radius 3 is 2.42 bits per heavy atom. The number of alkyl halides is 2. The average molecular weight is 384 g/mol. The Balaban J connectivity index is 1.68. The van der Waals surface area contributed by atoms with Crippen LogP contribution in [0.2, 0.25) is 0 Å². The van der Waals surface area contributed by atoms with Crippen molar-refractivity contribution in [2.24, 2.45) is 0 Å². The number of halogens is 3. The summed E-state index contributed by atoms with van der Waals surface area (Å²) in [5.74, 6) is -3.70. The summed E-state index contributed by atoms with van der Waals surface area (Å²) in [4.78, 5) is 1.56. The van der Waals surface area contributed by atoms with Crippen molar-refractivity contribution in [3.8, 4) is 0 Å². The quantitative estimate of drug-likeness (QED) is 0.849. The van der Waals surface area contributed by atoms with E-state index in [1.165, 1.54) is 30.3 Å². The van der Waals surface area contributed by atoms with Crippen molar-refractivity contribution < 1.29 is 21.6 Å². The topological polar surface area (TPSA) is 49.4 Å². The fourth-order valence-electron chi connectivity index (χ4n) is 3.10. The first-order valence-corrected chi connectivity index (χ1v) is 9.80. The molecule has 0 amide bonds. The third kappa shape index (κ3) is 3.95. The minimum atomic E-state index is -4.59. The van der Waals surface area contributed by atoms with E-state index < -0.39 is 20.5 Å². The Morgan fingerprint density at radius 1 is 1.08 bits per heavy atom. The van der Waals surface area contributed by atoms with Gasteiger partial charge < -0.3 is 10.2 Å². The lowest BCUT2D eigenvalue weighted by atomic mass is 10.0. The summed E-state index contributed by atoms with van der Waals surface area (Å²) in [7, 11) is -4.59. The SMILES string of the molecule is O=S(=O)(c1ccc(NC2CCCN(c3ccccc3F)C2)cc1)C(F)F. The molecule has 140 valence electrons. The smallest absolute Gasteiger partial charge is 0.341 e. The zero-order chi connectivity index (χ0) is 18.7. The second-order valence-corrected chi connectivity index (χ2v) is 8.13. The van der Waals surface area contributed by atoms with Gasteiger partial charge in [-0.2, -0.15) is 8.78 Å². The molecule has 1 saturated heterocycles. The monoisotopic (exact) mass is 384 g/mol. The largest absolute Gasteiger partial charge is 0.381 e. The molecule has 0 radical (unpaired) electrons. The van der Waals surface area contributed by atoms with E-state index >= 15 is 0 Å². The van der Waals surface area contributed by atoms with Crippen LogP contribution in [0.5, 0.6) is 0 Å². The molecule has 1 heterocycles. The molecule has 1 aliphatic rings. The van der Waals surface area contributed by atoms with Gasteiger partial charge in [0.05, 0.1) is 10.6 Å². The van der Waals surface area contributed by atoms with Crippen LogP contribution in [-0.2, 0) is 9.84 Å². The van der Waals surface area contributed by atoms with Crippen molar-refractivity contribution in [1.82, 2.24) is 0 Å². The van der Waals surface area contributed by atoms with Crippen LogP contribution in [0.1, 0.15) is 12.8 Å². The molecular formula is C18H19F3N2O2S. The highest BCUT2D eigenvalue weighted by atomic mass is 32.2. The van der Waals surface area contributed by atoms with E-state index in [0.29, 0.717) is 17.9 Å². The first kappa shape index (κ1) is 18.6. The minimum Gasteiger partial charge on any atom is -0.381 e. The Hall–Kier alpha value is -2.22. The predicted molar refractivity (Wildman–Crippen MR) is 94.9 cm³/mol. The molecule has 2 aromatic carbocycles. The maximum absolute atomic E-state index is 14.0. The van der Waals surface area contributed by atoms with Crippen molar-refractivity contribution in [3.63, 3.8) is 0 Å². The lowest BCUT2D eigenvalue weighted by Gasteiger charge is -2.35. The van der Waals surface area contributed by atoms with E-state index in [4.69, 9.17) is 0 Å². The van der Waals surface area contributed by atoms with Crippen LogP contribution >= 0.6 is 0 Å². The number of hydrogen-bond donors (Lipinski definition) is 1. The van der Waals surface area contributed by atoms with E-state index in [1.54, 1.807) is 18.2 Å². The number of nitrogens with one attached hydrogen (secondary N) is 1. The maximum atomic E-state index is 14.0. The van der Waals surface area contributed by atoms with Gasteiger partial charge in [-0.15, -0.1) is 0 Å². The van der Waals surface area contributed by atoms with E-state index in [2.05, 4.69) is 5.32 Å². The van der Waals surface area contributed by atoms with Gasteiger partial charge in [0.2, 0.25) is 9.84 Å². The Labute approximate surface area is 150 Å². The normalized spacial score (nSPS) is 18.2. The fourth-order valence-corrected chi connectivity index (χ4v) is 3.82. The van der Waals surface area contributed by atoms with Gasteiger partial charge in [0.25, 0.3) is 0 Å². The van der Waals surface area contributed by atoms with E-state index in [0.717, 1.165) is 19.4 Å². The fraction of sp³-hybridized carbons (Fsp3) is 0.333. The molecular weight excluding hydrogens is 365 g/mol. The van der Waals surface area contributed by atoms with Crippen LogP contribution in [0.15, 0.2) is 53.4 Å². The molecule has 1 unspecified atom stereocenters. The number of sulfone groups is 1. The highest BCUT2D eigenvalue weighted by Crippen LogP contribution is 2.25. The zero-order valence-electron chi connectivity index (χ0n) is 13.9. The summed E-state index contributed by atoms with van der Waals surface area (Å²) < 4.78 is 62.0. The van der Waals surface area contributed by atoms with E-state index in [1.807, 2.05) is 4.90 Å². The number of hydrogen-bond acceptors (Lipinski definition) is 4.